The summed E-state index contributed by atoms with van der Waals surface area (Å²) in [6.07, 6.45) is 0.180. The Morgan fingerprint density at radius 1 is 0.812 bits per heavy atom. The molecule has 3 aromatic carbocycles. The van der Waals surface area contributed by atoms with Crippen molar-refractivity contribution in [1.29, 1.82) is 0 Å². The van der Waals surface area contributed by atoms with Gasteiger partial charge in [-0.2, -0.15) is 0 Å². The molecule has 0 spiro atoms. The predicted octanol–water partition coefficient (Wildman–Crippen LogP) is 4.50. The maximum Gasteiger partial charge on any atom is 0.326 e. The number of rotatable bonds is 5. The van der Waals surface area contributed by atoms with E-state index in [0.29, 0.717) is 6.54 Å². The third kappa shape index (κ3) is 3.16. The van der Waals surface area contributed by atoms with Crippen molar-refractivity contribution in [2.45, 2.75) is 25.4 Å². The molecule has 1 heterocycles. The Hall–Kier alpha value is -3.60. The van der Waals surface area contributed by atoms with Crippen LogP contribution >= 0.6 is 0 Å². The molecule has 5 heteroatoms. The normalized spacial score (nSPS) is 19.0. The second-order valence-corrected chi connectivity index (χ2v) is 8.20. The highest BCUT2D eigenvalue weighted by molar-refractivity contribution is 6.04. The van der Waals surface area contributed by atoms with E-state index in [1.54, 1.807) is 0 Å². The van der Waals surface area contributed by atoms with Crippen LogP contribution < -0.4 is 4.90 Å². The van der Waals surface area contributed by atoms with Crippen molar-refractivity contribution in [3.8, 4) is 0 Å². The number of para-hydroxylation sites is 1. The van der Waals surface area contributed by atoms with Crippen LogP contribution in [0.4, 0.5) is 5.69 Å². The van der Waals surface area contributed by atoms with E-state index in [4.69, 9.17) is 9.47 Å². The van der Waals surface area contributed by atoms with Gasteiger partial charge in [0.05, 0.1) is 19.8 Å². The van der Waals surface area contributed by atoms with Crippen LogP contribution in [-0.4, -0.2) is 26.2 Å². The number of benzene rings is 3. The van der Waals surface area contributed by atoms with E-state index >= 15 is 0 Å². The fourth-order valence-electron chi connectivity index (χ4n) is 5.00. The molecular weight excluding hydrogens is 402 g/mol. The van der Waals surface area contributed by atoms with Crippen molar-refractivity contribution in [3.63, 3.8) is 0 Å². The van der Waals surface area contributed by atoms with E-state index in [9.17, 15) is 9.59 Å². The Balaban J connectivity index is 2.06. The predicted molar refractivity (Wildman–Crippen MR) is 123 cm³/mol. The number of esters is 2. The lowest BCUT2D eigenvalue weighted by Crippen LogP contribution is -2.66. The molecule has 164 valence electrons. The quantitative estimate of drug-likeness (QED) is 0.442. The molecule has 5 nitrogen and oxygen atoms in total. The van der Waals surface area contributed by atoms with Crippen LogP contribution in [0.1, 0.15) is 23.6 Å². The van der Waals surface area contributed by atoms with E-state index in [1.807, 2.05) is 91.9 Å². The third-order valence-corrected chi connectivity index (χ3v) is 6.70. The SMILES string of the molecule is COC(=O)C1(C(=O)OC)Cc2ccccc2N(Cc2ccccc2)[C@@]1(C)c1ccccc1. The van der Waals surface area contributed by atoms with E-state index in [2.05, 4.69) is 4.90 Å². The van der Waals surface area contributed by atoms with Gasteiger partial charge in [-0.25, -0.2) is 0 Å². The van der Waals surface area contributed by atoms with Gasteiger partial charge in [0, 0.05) is 18.7 Å². The van der Waals surface area contributed by atoms with Gasteiger partial charge in [-0.3, -0.25) is 9.59 Å². The maximum absolute atomic E-state index is 13.5. The molecule has 3 aromatic rings. The fraction of sp³-hybridized carbons (Fsp3) is 0.259. The molecule has 0 unspecified atom stereocenters. The number of fused-ring (bicyclic) bond motifs is 1. The fourth-order valence-corrected chi connectivity index (χ4v) is 5.00. The van der Waals surface area contributed by atoms with Crippen LogP contribution in [0.15, 0.2) is 84.9 Å². The van der Waals surface area contributed by atoms with Crippen LogP contribution in [0, 0.1) is 5.41 Å². The highest BCUT2D eigenvalue weighted by Gasteiger charge is 2.66. The second kappa shape index (κ2) is 8.50. The summed E-state index contributed by atoms with van der Waals surface area (Å²) in [6.45, 7) is 2.44. The number of anilines is 1. The highest BCUT2D eigenvalue weighted by atomic mass is 16.5. The molecule has 0 aliphatic carbocycles. The Bertz CT molecular complexity index is 1100. The monoisotopic (exact) mass is 429 g/mol. The molecule has 0 amide bonds. The first-order chi connectivity index (χ1) is 15.5. The summed E-state index contributed by atoms with van der Waals surface area (Å²) in [5, 5.41) is 0. The van der Waals surface area contributed by atoms with Crippen LogP contribution in [0.5, 0.6) is 0 Å². The summed E-state index contributed by atoms with van der Waals surface area (Å²) in [4.78, 5) is 29.2. The average molecular weight is 430 g/mol. The number of hydrogen-bond acceptors (Lipinski definition) is 5. The minimum absolute atomic E-state index is 0.180. The maximum atomic E-state index is 13.5. The molecule has 0 aromatic heterocycles. The van der Waals surface area contributed by atoms with Gasteiger partial charge in [0.2, 0.25) is 0 Å². The van der Waals surface area contributed by atoms with Gasteiger partial charge >= 0.3 is 11.9 Å². The van der Waals surface area contributed by atoms with Gasteiger partial charge in [-0.05, 0) is 29.7 Å². The zero-order chi connectivity index (χ0) is 22.8. The summed E-state index contributed by atoms with van der Waals surface area (Å²) in [6, 6.07) is 27.6. The smallest absolute Gasteiger partial charge is 0.326 e. The molecular formula is C27H27NO4. The number of methoxy groups -OCH3 is 2. The lowest BCUT2D eigenvalue weighted by Gasteiger charge is -2.56. The van der Waals surface area contributed by atoms with Crippen molar-refractivity contribution in [2.75, 3.05) is 19.1 Å². The second-order valence-electron chi connectivity index (χ2n) is 8.20. The Morgan fingerprint density at radius 3 is 1.94 bits per heavy atom. The Morgan fingerprint density at radius 2 is 1.34 bits per heavy atom. The minimum atomic E-state index is -1.60. The van der Waals surface area contributed by atoms with Gasteiger partial charge in [-0.15, -0.1) is 0 Å². The van der Waals surface area contributed by atoms with E-state index in [1.165, 1.54) is 14.2 Å². The van der Waals surface area contributed by atoms with Crippen LogP contribution in [-0.2, 0) is 37.6 Å². The zero-order valence-electron chi connectivity index (χ0n) is 18.6. The first-order valence-corrected chi connectivity index (χ1v) is 10.6. The molecule has 0 N–H and O–H groups in total. The Kier molecular flexibility index (Phi) is 5.74. The molecule has 0 fully saturated rings. The van der Waals surface area contributed by atoms with Crippen molar-refractivity contribution < 1.29 is 19.1 Å². The van der Waals surface area contributed by atoms with Crippen LogP contribution in [0.3, 0.4) is 0 Å². The van der Waals surface area contributed by atoms with Crippen molar-refractivity contribution in [2.24, 2.45) is 5.41 Å². The number of hydrogen-bond donors (Lipinski definition) is 0. The summed E-state index contributed by atoms with van der Waals surface area (Å²) in [7, 11) is 2.64. The number of nitrogens with zero attached hydrogens (tertiary/aromatic N) is 1. The standard InChI is InChI=1S/C27H27NO4/c1-26(22-15-8-5-9-16-22)27(24(29)31-2,25(30)32-3)18-21-14-10-11-17-23(21)28(26)19-20-12-6-4-7-13-20/h4-17H,18-19H2,1-3H3/t26-/m0/s1. The average Bonchev–Trinajstić information content (AvgIpc) is 2.85. The number of carbonyl (C=O) groups excluding carboxylic acids is 2. The molecule has 0 saturated heterocycles. The lowest BCUT2D eigenvalue weighted by molar-refractivity contribution is -0.176. The molecule has 0 bridgehead atoms. The first-order valence-electron chi connectivity index (χ1n) is 10.6. The molecule has 1 atom stereocenters. The van der Waals surface area contributed by atoms with Gasteiger partial charge in [0.15, 0.2) is 5.41 Å². The third-order valence-electron chi connectivity index (χ3n) is 6.70. The molecule has 1 aliphatic heterocycles. The van der Waals surface area contributed by atoms with Crippen molar-refractivity contribution in [1.82, 2.24) is 0 Å². The lowest BCUT2D eigenvalue weighted by atomic mass is 9.60. The largest absolute Gasteiger partial charge is 0.468 e. The van der Waals surface area contributed by atoms with Gasteiger partial charge < -0.3 is 14.4 Å². The highest BCUT2D eigenvalue weighted by Crippen LogP contribution is 2.55. The topological polar surface area (TPSA) is 55.8 Å². The molecule has 0 saturated carbocycles. The van der Waals surface area contributed by atoms with E-state index in [-0.39, 0.29) is 6.42 Å². The number of carbonyl (C=O) groups is 2. The molecule has 32 heavy (non-hydrogen) atoms. The van der Waals surface area contributed by atoms with E-state index in [0.717, 1.165) is 22.4 Å². The van der Waals surface area contributed by atoms with Gasteiger partial charge in [0.1, 0.15) is 0 Å². The van der Waals surface area contributed by atoms with Gasteiger partial charge in [-0.1, -0.05) is 78.9 Å². The first kappa shape index (κ1) is 21.6. The van der Waals surface area contributed by atoms with Gasteiger partial charge in [0.25, 0.3) is 0 Å². The van der Waals surface area contributed by atoms with Crippen molar-refractivity contribution in [3.05, 3.63) is 102 Å². The molecule has 1 aliphatic rings. The van der Waals surface area contributed by atoms with Crippen LogP contribution in [0.25, 0.3) is 0 Å². The minimum Gasteiger partial charge on any atom is -0.468 e. The summed E-state index contributed by atoms with van der Waals surface area (Å²) >= 11 is 0. The molecule has 4 rings (SSSR count). The van der Waals surface area contributed by atoms with E-state index < -0.39 is 22.9 Å². The summed E-state index contributed by atoms with van der Waals surface area (Å²) < 4.78 is 10.6. The molecule has 0 radical (unpaired) electrons. The Labute approximate surface area is 188 Å². The summed E-state index contributed by atoms with van der Waals surface area (Å²) in [5.74, 6) is -1.22. The zero-order valence-corrected chi connectivity index (χ0v) is 18.6. The van der Waals surface area contributed by atoms with Crippen molar-refractivity contribution >= 4 is 17.6 Å². The van der Waals surface area contributed by atoms with Crippen LogP contribution in [0.2, 0.25) is 0 Å². The number of ether oxygens (including phenoxy) is 2. The summed E-state index contributed by atoms with van der Waals surface area (Å²) in [5.41, 5.74) is 1.11.